The first kappa shape index (κ1) is 16.2. The molecule has 1 saturated heterocycles. The SMILES string of the molecule is O=C(CCCNc1ccc([N+](=O)[O-])cc1)NCC1CCCO1. The topological polar surface area (TPSA) is 93.5 Å². The molecule has 1 aliphatic rings. The lowest BCUT2D eigenvalue weighted by Gasteiger charge is -2.11. The third-order valence-electron chi connectivity index (χ3n) is 3.54. The third-order valence-corrected chi connectivity index (χ3v) is 3.54. The molecular formula is C15H21N3O4. The minimum Gasteiger partial charge on any atom is -0.385 e. The summed E-state index contributed by atoms with van der Waals surface area (Å²) in [4.78, 5) is 21.8. The number of ether oxygens (including phenoxy) is 1. The second-order valence-corrected chi connectivity index (χ2v) is 5.27. The molecule has 1 fully saturated rings. The Morgan fingerprint density at radius 3 is 2.77 bits per heavy atom. The van der Waals surface area contributed by atoms with E-state index in [-0.39, 0.29) is 17.7 Å². The number of nitrogens with zero attached hydrogens (tertiary/aromatic N) is 1. The fraction of sp³-hybridized carbons (Fsp3) is 0.533. The molecule has 1 aromatic carbocycles. The van der Waals surface area contributed by atoms with Crippen molar-refractivity contribution in [2.45, 2.75) is 31.8 Å². The molecule has 0 bridgehead atoms. The second-order valence-electron chi connectivity index (χ2n) is 5.27. The number of hydrogen-bond donors (Lipinski definition) is 2. The molecule has 2 N–H and O–H groups in total. The van der Waals surface area contributed by atoms with Crippen molar-refractivity contribution in [1.29, 1.82) is 0 Å². The Balaban J connectivity index is 1.57. The van der Waals surface area contributed by atoms with Gasteiger partial charge in [-0.05, 0) is 31.4 Å². The molecule has 7 nitrogen and oxygen atoms in total. The molecule has 1 aliphatic heterocycles. The van der Waals surface area contributed by atoms with Gasteiger partial charge >= 0.3 is 0 Å². The maximum absolute atomic E-state index is 11.7. The predicted octanol–water partition coefficient (Wildman–Crippen LogP) is 2.08. The van der Waals surface area contributed by atoms with Gasteiger partial charge in [-0.2, -0.15) is 0 Å². The number of carbonyl (C=O) groups excluding carboxylic acids is 1. The predicted molar refractivity (Wildman–Crippen MR) is 82.8 cm³/mol. The van der Waals surface area contributed by atoms with E-state index < -0.39 is 4.92 Å². The summed E-state index contributed by atoms with van der Waals surface area (Å²) in [7, 11) is 0. The summed E-state index contributed by atoms with van der Waals surface area (Å²) >= 11 is 0. The summed E-state index contributed by atoms with van der Waals surface area (Å²) in [5, 5.41) is 16.5. The summed E-state index contributed by atoms with van der Waals surface area (Å²) in [5.74, 6) is 0.0287. The van der Waals surface area contributed by atoms with Crippen LogP contribution in [0.3, 0.4) is 0 Å². The van der Waals surface area contributed by atoms with E-state index in [0.29, 0.717) is 25.9 Å². The molecule has 0 spiro atoms. The van der Waals surface area contributed by atoms with E-state index in [1.54, 1.807) is 12.1 Å². The Morgan fingerprint density at radius 1 is 1.36 bits per heavy atom. The number of anilines is 1. The van der Waals surface area contributed by atoms with Crippen molar-refractivity contribution in [3.63, 3.8) is 0 Å². The van der Waals surface area contributed by atoms with Gasteiger partial charge in [0.1, 0.15) is 0 Å². The molecule has 0 saturated carbocycles. The minimum atomic E-state index is -0.428. The zero-order chi connectivity index (χ0) is 15.8. The van der Waals surface area contributed by atoms with Crippen LogP contribution in [0.1, 0.15) is 25.7 Å². The van der Waals surface area contributed by atoms with Crippen LogP contribution in [-0.4, -0.2) is 36.6 Å². The molecule has 1 aromatic rings. The maximum atomic E-state index is 11.7. The number of benzene rings is 1. The Bertz CT molecular complexity index is 498. The summed E-state index contributed by atoms with van der Waals surface area (Å²) in [6.07, 6.45) is 3.41. The molecule has 120 valence electrons. The Labute approximate surface area is 129 Å². The van der Waals surface area contributed by atoms with Crippen LogP contribution in [0.4, 0.5) is 11.4 Å². The smallest absolute Gasteiger partial charge is 0.269 e. The number of nitrogens with one attached hydrogen (secondary N) is 2. The Morgan fingerprint density at radius 2 is 2.14 bits per heavy atom. The first-order valence-corrected chi connectivity index (χ1v) is 7.52. The van der Waals surface area contributed by atoms with Crippen LogP contribution in [0.5, 0.6) is 0 Å². The average molecular weight is 307 g/mol. The molecule has 1 amide bonds. The number of carbonyl (C=O) groups is 1. The number of nitro groups is 1. The molecule has 0 radical (unpaired) electrons. The molecule has 0 aromatic heterocycles. The van der Waals surface area contributed by atoms with Gasteiger partial charge in [0.25, 0.3) is 5.69 Å². The van der Waals surface area contributed by atoms with Crippen LogP contribution in [0.15, 0.2) is 24.3 Å². The fourth-order valence-electron chi connectivity index (χ4n) is 2.30. The van der Waals surface area contributed by atoms with Crippen LogP contribution >= 0.6 is 0 Å². The molecule has 2 rings (SSSR count). The molecular weight excluding hydrogens is 286 g/mol. The largest absolute Gasteiger partial charge is 0.385 e. The Kier molecular flexibility index (Phi) is 6.14. The van der Waals surface area contributed by atoms with Crippen molar-refractivity contribution in [3.8, 4) is 0 Å². The summed E-state index contributed by atoms with van der Waals surface area (Å²) in [6.45, 7) is 2.03. The number of non-ortho nitro benzene ring substituents is 1. The van der Waals surface area contributed by atoms with Gasteiger partial charge in [0.2, 0.25) is 5.91 Å². The second kappa shape index (κ2) is 8.33. The highest BCUT2D eigenvalue weighted by Gasteiger charge is 2.15. The first-order valence-electron chi connectivity index (χ1n) is 7.52. The molecule has 1 heterocycles. The normalized spacial score (nSPS) is 17.2. The van der Waals surface area contributed by atoms with Crippen molar-refractivity contribution in [2.75, 3.05) is 25.0 Å². The Hall–Kier alpha value is -2.15. The molecule has 0 aliphatic carbocycles. The van der Waals surface area contributed by atoms with Crippen LogP contribution in [0, 0.1) is 10.1 Å². The van der Waals surface area contributed by atoms with E-state index in [1.165, 1.54) is 12.1 Å². The quantitative estimate of drug-likeness (QED) is 0.436. The average Bonchev–Trinajstić information content (AvgIpc) is 3.03. The van der Waals surface area contributed by atoms with Gasteiger partial charge in [0.15, 0.2) is 0 Å². The van der Waals surface area contributed by atoms with Crippen LogP contribution in [-0.2, 0) is 9.53 Å². The highest BCUT2D eigenvalue weighted by atomic mass is 16.6. The molecule has 7 heteroatoms. The van der Waals surface area contributed by atoms with E-state index >= 15 is 0 Å². The fourth-order valence-corrected chi connectivity index (χ4v) is 2.30. The molecule has 1 unspecified atom stereocenters. The van der Waals surface area contributed by atoms with Gasteiger partial charge in [0, 0.05) is 43.9 Å². The monoisotopic (exact) mass is 307 g/mol. The van der Waals surface area contributed by atoms with Gasteiger partial charge in [-0.15, -0.1) is 0 Å². The van der Waals surface area contributed by atoms with Gasteiger partial charge in [0.05, 0.1) is 11.0 Å². The van der Waals surface area contributed by atoms with Crippen molar-refractivity contribution >= 4 is 17.3 Å². The first-order chi connectivity index (χ1) is 10.6. The molecule has 1 atom stereocenters. The lowest BCUT2D eigenvalue weighted by molar-refractivity contribution is -0.384. The summed E-state index contributed by atoms with van der Waals surface area (Å²) < 4.78 is 5.44. The lowest BCUT2D eigenvalue weighted by Crippen LogP contribution is -2.31. The van der Waals surface area contributed by atoms with E-state index in [2.05, 4.69) is 10.6 Å². The van der Waals surface area contributed by atoms with Crippen LogP contribution < -0.4 is 10.6 Å². The van der Waals surface area contributed by atoms with Crippen LogP contribution in [0.2, 0.25) is 0 Å². The minimum absolute atomic E-state index is 0.0287. The van der Waals surface area contributed by atoms with E-state index in [9.17, 15) is 14.9 Å². The van der Waals surface area contributed by atoms with Gasteiger partial charge in [-0.25, -0.2) is 0 Å². The van der Waals surface area contributed by atoms with Crippen molar-refractivity contribution < 1.29 is 14.5 Å². The maximum Gasteiger partial charge on any atom is 0.269 e. The molecule has 22 heavy (non-hydrogen) atoms. The number of amides is 1. The van der Waals surface area contributed by atoms with Gasteiger partial charge < -0.3 is 15.4 Å². The summed E-state index contributed by atoms with van der Waals surface area (Å²) in [6, 6.07) is 6.23. The standard InChI is InChI=1S/C15H21N3O4/c19-15(17-11-14-3-2-10-22-14)4-1-9-16-12-5-7-13(8-6-12)18(20)21/h5-8,14,16H,1-4,9-11H2,(H,17,19). The van der Waals surface area contributed by atoms with Crippen LogP contribution in [0.25, 0.3) is 0 Å². The highest BCUT2D eigenvalue weighted by Crippen LogP contribution is 2.15. The van der Waals surface area contributed by atoms with E-state index in [4.69, 9.17) is 4.74 Å². The summed E-state index contributed by atoms with van der Waals surface area (Å²) in [5.41, 5.74) is 0.879. The van der Waals surface area contributed by atoms with E-state index in [0.717, 1.165) is 25.1 Å². The van der Waals surface area contributed by atoms with Crippen molar-refractivity contribution in [1.82, 2.24) is 5.32 Å². The highest BCUT2D eigenvalue weighted by molar-refractivity contribution is 5.75. The third kappa shape index (κ3) is 5.33. The van der Waals surface area contributed by atoms with Crippen molar-refractivity contribution in [3.05, 3.63) is 34.4 Å². The van der Waals surface area contributed by atoms with Gasteiger partial charge in [-0.1, -0.05) is 0 Å². The number of hydrogen-bond acceptors (Lipinski definition) is 5. The number of rotatable bonds is 8. The zero-order valence-electron chi connectivity index (χ0n) is 12.4. The van der Waals surface area contributed by atoms with Crippen molar-refractivity contribution in [2.24, 2.45) is 0 Å². The lowest BCUT2D eigenvalue weighted by atomic mass is 10.2. The van der Waals surface area contributed by atoms with E-state index in [1.807, 2.05) is 0 Å². The van der Waals surface area contributed by atoms with Gasteiger partial charge in [-0.3, -0.25) is 14.9 Å². The number of nitro benzene ring substituents is 1. The zero-order valence-corrected chi connectivity index (χ0v) is 12.4.